The van der Waals surface area contributed by atoms with Crippen LogP contribution in [0.2, 0.25) is 0 Å². The van der Waals surface area contributed by atoms with Gasteiger partial charge < -0.3 is 10.6 Å². The average molecular weight is 323 g/mol. The molecule has 3 rings (SSSR count). The van der Waals surface area contributed by atoms with Crippen molar-refractivity contribution in [3.05, 3.63) is 64.9 Å². The molecule has 0 saturated heterocycles. The second kappa shape index (κ2) is 6.65. The second-order valence-electron chi connectivity index (χ2n) is 4.84. The predicted octanol–water partition coefficient (Wildman–Crippen LogP) is 2.97. The van der Waals surface area contributed by atoms with Gasteiger partial charge in [-0.25, -0.2) is 15.0 Å². The molecule has 0 saturated carbocycles. The molecule has 0 spiro atoms. The fourth-order valence-corrected chi connectivity index (χ4v) is 2.04. The molecular weight excluding hydrogens is 310 g/mol. The second-order valence-corrected chi connectivity index (χ2v) is 4.84. The van der Waals surface area contributed by atoms with E-state index < -0.39 is 4.92 Å². The minimum Gasteiger partial charge on any atom is -0.333 e. The van der Waals surface area contributed by atoms with E-state index >= 15 is 0 Å². The Morgan fingerprint density at radius 1 is 1.00 bits per heavy atom. The van der Waals surface area contributed by atoms with E-state index in [1.54, 1.807) is 36.8 Å². The zero-order valence-electron chi connectivity index (χ0n) is 12.7. The van der Waals surface area contributed by atoms with Crippen molar-refractivity contribution >= 4 is 28.8 Å². The molecule has 24 heavy (non-hydrogen) atoms. The van der Waals surface area contributed by atoms with Gasteiger partial charge in [0.1, 0.15) is 12.1 Å². The van der Waals surface area contributed by atoms with Crippen molar-refractivity contribution in [1.82, 2.24) is 19.9 Å². The Bertz CT molecular complexity index is 871. The fourth-order valence-electron chi connectivity index (χ4n) is 2.04. The molecule has 0 aromatic carbocycles. The summed E-state index contributed by atoms with van der Waals surface area (Å²) in [5, 5.41) is 17.3. The average Bonchev–Trinajstić information content (AvgIpc) is 2.58. The maximum atomic E-state index is 11.5. The zero-order chi connectivity index (χ0) is 16.9. The van der Waals surface area contributed by atoms with E-state index in [0.717, 1.165) is 5.56 Å². The van der Waals surface area contributed by atoms with Gasteiger partial charge in [-0.1, -0.05) is 6.07 Å². The minimum atomic E-state index is -0.542. The molecule has 0 aliphatic carbocycles. The third kappa shape index (κ3) is 3.24. The van der Waals surface area contributed by atoms with Crippen LogP contribution < -0.4 is 10.6 Å². The number of nitro groups is 1. The molecule has 3 aromatic rings. The standard InChI is InChI=1S/C15H13N7O2/c1-10-4-2-7-17-13(10)21-15-12(22(23)24)14(18-9-19-15)20-11-5-3-6-16-8-11/h2-9H,1H3,(H2,17,18,19,20,21). The highest BCUT2D eigenvalue weighted by atomic mass is 16.6. The van der Waals surface area contributed by atoms with Crippen LogP contribution in [0, 0.1) is 17.0 Å². The lowest BCUT2D eigenvalue weighted by atomic mass is 10.3. The van der Waals surface area contributed by atoms with E-state index in [9.17, 15) is 10.1 Å². The number of anilines is 4. The van der Waals surface area contributed by atoms with Crippen molar-refractivity contribution in [2.45, 2.75) is 6.92 Å². The van der Waals surface area contributed by atoms with Crippen LogP contribution in [0.5, 0.6) is 0 Å². The number of aromatic nitrogens is 4. The summed E-state index contributed by atoms with van der Waals surface area (Å²) in [6, 6.07) is 7.07. The smallest absolute Gasteiger partial charge is 0.333 e. The van der Waals surface area contributed by atoms with Gasteiger partial charge in [0.15, 0.2) is 0 Å². The Morgan fingerprint density at radius 3 is 2.42 bits per heavy atom. The zero-order valence-corrected chi connectivity index (χ0v) is 12.7. The largest absolute Gasteiger partial charge is 0.353 e. The highest BCUT2D eigenvalue weighted by Crippen LogP contribution is 2.32. The molecule has 0 aliphatic heterocycles. The molecule has 120 valence electrons. The number of aryl methyl sites for hydroxylation is 1. The van der Waals surface area contributed by atoms with Crippen molar-refractivity contribution in [3.63, 3.8) is 0 Å². The first kappa shape index (κ1) is 15.3. The van der Waals surface area contributed by atoms with E-state index in [2.05, 4.69) is 30.6 Å². The fraction of sp³-hybridized carbons (Fsp3) is 0.0667. The van der Waals surface area contributed by atoms with Gasteiger partial charge in [0, 0.05) is 12.4 Å². The summed E-state index contributed by atoms with van der Waals surface area (Å²) in [4.78, 5) is 27.0. The summed E-state index contributed by atoms with van der Waals surface area (Å²) in [5.74, 6) is 0.619. The van der Waals surface area contributed by atoms with Crippen molar-refractivity contribution in [1.29, 1.82) is 0 Å². The van der Waals surface area contributed by atoms with Gasteiger partial charge in [-0.2, -0.15) is 0 Å². The van der Waals surface area contributed by atoms with Crippen LogP contribution in [-0.4, -0.2) is 24.9 Å². The van der Waals surface area contributed by atoms with Gasteiger partial charge in [-0.15, -0.1) is 0 Å². The molecule has 0 fully saturated rings. The molecule has 0 amide bonds. The first-order chi connectivity index (χ1) is 11.6. The highest BCUT2D eigenvalue weighted by Gasteiger charge is 2.24. The van der Waals surface area contributed by atoms with Crippen LogP contribution in [0.25, 0.3) is 0 Å². The van der Waals surface area contributed by atoms with E-state index in [-0.39, 0.29) is 17.3 Å². The van der Waals surface area contributed by atoms with E-state index in [4.69, 9.17) is 0 Å². The lowest BCUT2D eigenvalue weighted by Crippen LogP contribution is -2.06. The quantitative estimate of drug-likeness (QED) is 0.543. The molecule has 9 nitrogen and oxygen atoms in total. The molecule has 9 heteroatoms. The van der Waals surface area contributed by atoms with Crippen molar-refractivity contribution in [3.8, 4) is 0 Å². The van der Waals surface area contributed by atoms with Crippen LogP contribution in [-0.2, 0) is 0 Å². The molecule has 0 atom stereocenters. The lowest BCUT2D eigenvalue weighted by Gasteiger charge is -2.10. The molecule has 0 aliphatic rings. The number of nitrogens with zero attached hydrogens (tertiary/aromatic N) is 5. The number of hydrogen-bond donors (Lipinski definition) is 2. The van der Waals surface area contributed by atoms with Crippen LogP contribution in [0.1, 0.15) is 5.56 Å². The van der Waals surface area contributed by atoms with Crippen molar-refractivity contribution in [2.75, 3.05) is 10.6 Å². The van der Waals surface area contributed by atoms with Crippen molar-refractivity contribution in [2.24, 2.45) is 0 Å². The first-order valence-corrected chi connectivity index (χ1v) is 7.00. The van der Waals surface area contributed by atoms with Crippen LogP contribution >= 0.6 is 0 Å². The van der Waals surface area contributed by atoms with Gasteiger partial charge in [0.05, 0.1) is 16.8 Å². The molecule has 0 unspecified atom stereocenters. The molecule has 2 N–H and O–H groups in total. The van der Waals surface area contributed by atoms with Gasteiger partial charge >= 0.3 is 5.69 Å². The Hall–Kier alpha value is -3.62. The maximum absolute atomic E-state index is 11.5. The van der Waals surface area contributed by atoms with Gasteiger partial charge in [0.25, 0.3) is 0 Å². The molecule has 3 aromatic heterocycles. The summed E-state index contributed by atoms with van der Waals surface area (Å²) >= 11 is 0. The Kier molecular flexibility index (Phi) is 4.23. The van der Waals surface area contributed by atoms with Crippen LogP contribution in [0.15, 0.2) is 49.2 Å². The number of pyridine rings is 2. The van der Waals surface area contributed by atoms with E-state index in [1.807, 2.05) is 13.0 Å². The summed E-state index contributed by atoms with van der Waals surface area (Å²) in [6.45, 7) is 1.84. The van der Waals surface area contributed by atoms with E-state index in [0.29, 0.717) is 11.5 Å². The van der Waals surface area contributed by atoms with Gasteiger partial charge in [-0.05, 0) is 30.7 Å². The highest BCUT2D eigenvalue weighted by molar-refractivity contribution is 5.76. The number of nitrogens with one attached hydrogen (secondary N) is 2. The summed E-state index contributed by atoms with van der Waals surface area (Å²) in [6.07, 6.45) is 5.99. The van der Waals surface area contributed by atoms with Crippen molar-refractivity contribution < 1.29 is 4.92 Å². The molecule has 3 heterocycles. The first-order valence-electron chi connectivity index (χ1n) is 7.00. The molecular formula is C15H13N7O2. The van der Waals surface area contributed by atoms with Gasteiger partial charge in [0.2, 0.25) is 11.6 Å². The summed E-state index contributed by atoms with van der Waals surface area (Å²) in [7, 11) is 0. The Balaban J connectivity index is 1.99. The molecule has 0 bridgehead atoms. The maximum Gasteiger partial charge on any atom is 0.353 e. The summed E-state index contributed by atoms with van der Waals surface area (Å²) in [5.41, 5.74) is 1.15. The van der Waals surface area contributed by atoms with Crippen LogP contribution in [0.4, 0.5) is 28.8 Å². The Labute approximate surface area is 137 Å². The third-order valence-corrected chi connectivity index (χ3v) is 3.18. The minimum absolute atomic E-state index is 0.0585. The van der Waals surface area contributed by atoms with Crippen LogP contribution in [0.3, 0.4) is 0 Å². The predicted molar refractivity (Wildman–Crippen MR) is 88.5 cm³/mol. The Morgan fingerprint density at radius 2 is 1.75 bits per heavy atom. The SMILES string of the molecule is Cc1cccnc1Nc1ncnc(Nc2cccnc2)c1[N+](=O)[O-]. The number of hydrogen-bond acceptors (Lipinski definition) is 8. The number of rotatable bonds is 5. The normalized spacial score (nSPS) is 10.2. The topological polar surface area (TPSA) is 119 Å². The third-order valence-electron chi connectivity index (χ3n) is 3.18. The molecule has 0 radical (unpaired) electrons. The van der Waals surface area contributed by atoms with Gasteiger partial charge in [-0.3, -0.25) is 15.1 Å². The monoisotopic (exact) mass is 323 g/mol. The van der Waals surface area contributed by atoms with E-state index in [1.165, 1.54) is 6.33 Å². The summed E-state index contributed by atoms with van der Waals surface area (Å²) < 4.78 is 0. The lowest BCUT2D eigenvalue weighted by molar-refractivity contribution is -0.383.